The fourth-order valence-electron chi connectivity index (χ4n) is 0.798. The topological polar surface area (TPSA) is 21.6 Å². The van der Waals surface area contributed by atoms with Gasteiger partial charge in [-0.25, -0.2) is 0 Å². The van der Waals surface area contributed by atoms with Gasteiger partial charge in [-0.2, -0.15) is 0 Å². The Bertz CT molecular complexity index is 98.7. The van der Waals surface area contributed by atoms with Gasteiger partial charge >= 0.3 is 0 Å². The lowest BCUT2D eigenvalue weighted by Crippen LogP contribution is -1.98. The molecule has 0 saturated carbocycles. The molecule has 0 atom stereocenters. The Morgan fingerprint density at radius 1 is 1.75 bits per heavy atom. The molecule has 1 heterocycles. The molecule has 0 aromatic heterocycles. The lowest BCUT2D eigenvalue weighted by atomic mass is 10.4. The van der Waals surface area contributed by atoms with E-state index in [1.807, 2.05) is 6.92 Å². The Kier molecular flexibility index (Phi) is 1.89. The third-order valence-corrected chi connectivity index (χ3v) is 1.15. The second-order valence-corrected chi connectivity index (χ2v) is 1.81. The van der Waals surface area contributed by atoms with E-state index in [2.05, 4.69) is 4.99 Å². The van der Waals surface area contributed by atoms with Crippen molar-refractivity contribution in [3.8, 4) is 0 Å². The van der Waals surface area contributed by atoms with Gasteiger partial charge in [0.15, 0.2) is 5.90 Å². The van der Waals surface area contributed by atoms with Gasteiger partial charge in [0.25, 0.3) is 0 Å². The molecule has 0 radical (unpaired) electrons. The van der Waals surface area contributed by atoms with Crippen molar-refractivity contribution >= 4 is 5.90 Å². The summed E-state index contributed by atoms with van der Waals surface area (Å²) in [6, 6.07) is 0. The smallest absolute Gasteiger partial charge is 0.183 e. The lowest BCUT2D eigenvalue weighted by molar-refractivity contribution is 0.321. The van der Waals surface area contributed by atoms with Crippen LogP contribution in [0.15, 0.2) is 4.99 Å². The molecule has 0 spiro atoms. The van der Waals surface area contributed by atoms with Gasteiger partial charge in [-0.1, -0.05) is 0 Å². The number of ether oxygens (including phenoxy) is 1. The summed E-state index contributed by atoms with van der Waals surface area (Å²) in [5, 5.41) is 0. The first-order valence-corrected chi connectivity index (χ1v) is 3.09. The van der Waals surface area contributed by atoms with Crippen LogP contribution in [-0.2, 0) is 4.74 Å². The quantitative estimate of drug-likeness (QED) is 0.501. The molecule has 0 N–H and O–H groups in total. The summed E-state index contributed by atoms with van der Waals surface area (Å²) in [5.74, 6) is 0.951. The Labute approximate surface area is 49.6 Å². The van der Waals surface area contributed by atoms with Crippen LogP contribution < -0.4 is 0 Å². The molecular formula is C6H11NO. The van der Waals surface area contributed by atoms with Gasteiger partial charge < -0.3 is 4.74 Å². The molecule has 0 unspecified atom stereocenters. The normalized spacial score (nSPS) is 18.4. The van der Waals surface area contributed by atoms with E-state index in [4.69, 9.17) is 4.74 Å². The average molecular weight is 113 g/mol. The molecule has 1 aliphatic rings. The molecule has 1 aliphatic heterocycles. The number of hydrogen-bond acceptors (Lipinski definition) is 2. The summed E-state index contributed by atoms with van der Waals surface area (Å²) in [7, 11) is 0. The van der Waals surface area contributed by atoms with Crippen LogP contribution >= 0.6 is 0 Å². The number of aliphatic imine (C=N–C) groups is 1. The van der Waals surface area contributed by atoms with E-state index in [1.54, 1.807) is 0 Å². The van der Waals surface area contributed by atoms with Crippen molar-refractivity contribution in [2.45, 2.75) is 19.8 Å². The zero-order chi connectivity index (χ0) is 5.82. The number of hydrogen-bond donors (Lipinski definition) is 0. The van der Waals surface area contributed by atoms with Crippen LogP contribution in [0.1, 0.15) is 19.8 Å². The summed E-state index contributed by atoms with van der Waals surface area (Å²) < 4.78 is 5.15. The van der Waals surface area contributed by atoms with Crippen molar-refractivity contribution in [1.29, 1.82) is 0 Å². The second-order valence-electron chi connectivity index (χ2n) is 1.81. The van der Waals surface area contributed by atoms with E-state index in [0.717, 1.165) is 25.5 Å². The van der Waals surface area contributed by atoms with Crippen molar-refractivity contribution in [1.82, 2.24) is 0 Å². The van der Waals surface area contributed by atoms with Crippen LogP contribution in [0, 0.1) is 0 Å². The summed E-state index contributed by atoms with van der Waals surface area (Å²) in [6.07, 6.45) is 2.23. The summed E-state index contributed by atoms with van der Waals surface area (Å²) >= 11 is 0. The van der Waals surface area contributed by atoms with Crippen LogP contribution in [0.4, 0.5) is 0 Å². The predicted molar refractivity (Wildman–Crippen MR) is 33.2 cm³/mol. The molecule has 8 heavy (non-hydrogen) atoms. The van der Waals surface area contributed by atoms with E-state index in [1.165, 1.54) is 6.42 Å². The summed E-state index contributed by atoms with van der Waals surface area (Å²) in [4.78, 5) is 4.12. The number of rotatable bonds is 1. The molecule has 1 rings (SSSR count). The lowest BCUT2D eigenvalue weighted by Gasteiger charge is -1.97. The molecule has 0 aromatic carbocycles. The van der Waals surface area contributed by atoms with Crippen LogP contribution in [0.25, 0.3) is 0 Å². The van der Waals surface area contributed by atoms with Gasteiger partial charge in [0.05, 0.1) is 6.61 Å². The minimum absolute atomic E-state index is 0.763. The number of nitrogens with zero attached hydrogens (tertiary/aromatic N) is 1. The first-order valence-electron chi connectivity index (χ1n) is 3.09. The van der Waals surface area contributed by atoms with Crippen molar-refractivity contribution in [3.63, 3.8) is 0 Å². The maximum atomic E-state index is 5.15. The minimum atomic E-state index is 0.763. The van der Waals surface area contributed by atoms with Gasteiger partial charge in [-0.05, 0) is 13.3 Å². The third kappa shape index (κ3) is 1.22. The second kappa shape index (κ2) is 2.70. The Hall–Kier alpha value is -0.530. The highest BCUT2D eigenvalue weighted by atomic mass is 16.5. The van der Waals surface area contributed by atoms with Gasteiger partial charge in [-0.3, -0.25) is 4.99 Å². The molecule has 0 bridgehead atoms. The summed E-state index contributed by atoms with van der Waals surface area (Å²) in [5.41, 5.74) is 0. The minimum Gasteiger partial charge on any atom is -0.481 e. The van der Waals surface area contributed by atoms with E-state index in [9.17, 15) is 0 Å². The zero-order valence-electron chi connectivity index (χ0n) is 5.18. The first kappa shape index (κ1) is 5.60. The van der Waals surface area contributed by atoms with Crippen molar-refractivity contribution < 1.29 is 4.74 Å². The highest BCUT2D eigenvalue weighted by Crippen LogP contribution is 2.03. The molecule has 2 nitrogen and oxygen atoms in total. The average Bonchev–Trinajstić information content (AvgIpc) is 2.19. The van der Waals surface area contributed by atoms with Crippen LogP contribution in [0.3, 0.4) is 0 Å². The van der Waals surface area contributed by atoms with Crippen LogP contribution in [0.5, 0.6) is 0 Å². The maximum absolute atomic E-state index is 5.15. The standard InChI is InChI=1S/C6H11NO/c1-2-8-6-4-3-5-7-6/h2-5H2,1H3. The van der Waals surface area contributed by atoms with E-state index < -0.39 is 0 Å². The van der Waals surface area contributed by atoms with Crippen LogP contribution in [-0.4, -0.2) is 19.0 Å². The molecular weight excluding hydrogens is 102 g/mol. The maximum Gasteiger partial charge on any atom is 0.183 e. The van der Waals surface area contributed by atoms with E-state index >= 15 is 0 Å². The Morgan fingerprint density at radius 3 is 3.12 bits per heavy atom. The molecule has 0 amide bonds. The van der Waals surface area contributed by atoms with Gasteiger partial charge in [0.2, 0.25) is 0 Å². The van der Waals surface area contributed by atoms with Gasteiger partial charge in [0, 0.05) is 13.0 Å². The van der Waals surface area contributed by atoms with Crippen LogP contribution in [0.2, 0.25) is 0 Å². The van der Waals surface area contributed by atoms with Crippen molar-refractivity contribution in [2.75, 3.05) is 13.2 Å². The van der Waals surface area contributed by atoms with E-state index in [0.29, 0.717) is 0 Å². The Balaban J connectivity index is 2.23. The Morgan fingerprint density at radius 2 is 2.62 bits per heavy atom. The molecule has 46 valence electrons. The zero-order valence-corrected chi connectivity index (χ0v) is 5.18. The van der Waals surface area contributed by atoms with E-state index in [-0.39, 0.29) is 0 Å². The van der Waals surface area contributed by atoms with Gasteiger partial charge in [-0.15, -0.1) is 0 Å². The largest absolute Gasteiger partial charge is 0.481 e. The van der Waals surface area contributed by atoms with Crippen molar-refractivity contribution in [3.05, 3.63) is 0 Å². The molecule has 0 saturated heterocycles. The fraction of sp³-hybridized carbons (Fsp3) is 0.833. The molecule has 2 heteroatoms. The monoisotopic (exact) mass is 113 g/mol. The molecule has 0 aliphatic carbocycles. The first-order chi connectivity index (χ1) is 3.93. The fourth-order valence-corrected chi connectivity index (χ4v) is 0.798. The van der Waals surface area contributed by atoms with Gasteiger partial charge in [0.1, 0.15) is 0 Å². The SMILES string of the molecule is CCOC1=NCCC1. The predicted octanol–water partition coefficient (Wildman–Crippen LogP) is 1.22. The highest BCUT2D eigenvalue weighted by molar-refractivity contribution is 5.77. The molecule has 0 fully saturated rings. The highest BCUT2D eigenvalue weighted by Gasteiger charge is 2.04. The molecule has 0 aromatic rings. The summed E-state index contributed by atoms with van der Waals surface area (Å²) in [6.45, 7) is 3.72. The van der Waals surface area contributed by atoms with Crippen molar-refractivity contribution in [2.24, 2.45) is 4.99 Å². The third-order valence-electron chi connectivity index (χ3n) is 1.15.